The van der Waals surface area contributed by atoms with E-state index in [9.17, 15) is 4.79 Å². The molecule has 0 unspecified atom stereocenters. The largest absolute Gasteiger partial charge is 0.497 e. The summed E-state index contributed by atoms with van der Waals surface area (Å²) in [6.07, 6.45) is 1.38. The summed E-state index contributed by atoms with van der Waals surface area (Å²) in [5.74, 6) is 3.74. The first-order chi connectivity index (χ1) is 19.9. The van der Waals surface area contributed by atoms with Crippen molar-refractivity contribution in [2.75, 3.05) is 39.7 Å². The van der Waals surface area contributed by atoms with Crippen molar-refractivity contribution in [3.8, 4) is 40.1 Å². The van der Waals surface area contributed by atoms with Gasteiger partial charge in [-0.25, -0.2) is 0 Å². The summed E-state index contributed by atoms with van der Waals surface area (Å²) in [5.41, 5.74) is 1.28. The molecule has 2 heterocycles. The smallest absolute Gasteiger partial charge is 0.241 e. The van der Waals surface area contributed by atoms with Gasteiger partial charge in [0.2, 0.25) is 17.6 Å². The number of hydrogen-bond acceptors (Lipinski definition) is 9. The Balaban J connectivity index is 1.17. The topological polar surface area (TPSA) is 108 Å². The van der Waals surface area contributed by atoms with Crippen molar-refractivity contribution in [1.29, 1.82) is 0 Å². The van der Waals surface area contributed by atoms with Crippen LogP contribution in [0.25, 0.3) is 11.4 Å². The normalized spacial score (nSPS) is 14.0. The predicted molar refractivity (Wildman–Crippen MR) is 154 cm³/mol. The van der Waals surface area contributed by atoms with E-state index >= 15 is 0 Å². The number of amides is 1. The molecule has 10 nitrogen and oxygen atoms in total. The van der Waals surface area contributed by atoms with Crippen molar-refractivity contribution in [2.45, 2.75) is 19.4 Å². The molecule has 0 radical (unpaired) electrons. The Bertz CT molecular complexity index is 1500. The number of halogens is 1. The molecule has 0 spiro atoms. The summed E-state index contributed by atoms with van der Waals surface area (Å²) in [6.45, 7) is 1.94. The number of benzene rings is 3. The minimum atomic E-state index is -0.153. The van der Waals surface area contributed by atoms with Crippen molar-refractivity contribution >= 4 is 23.2 Å². The van der Waals surface area contributed by atoms with Gasteiger partial charge in [-0.2, -0.15) is 4.98 Å². The third-order valence-corrected chi connectivity index (χ3v) is 7.13. The maximum atomic E-state index is 13.2. The van der Waals surface area contributed by atoms with E-state index in [1.165, 1.54) is 0 Å². The average molecular weight is 579 g/mol. The van der Waals surface area contributed by atoms with E-state index < -0.39 is 0 Å². The molecule has 41 heavy (non-hydrogen) atoms. The average Bonchev–Trinajstić information content (AvgIpc) is 3.47. The number of aromatic nitrogens is 2. The maximum absolute atomic E-state index is 13.2. The zero-order valence-corrected chi connectivity index (χ0v) is 23.8. The molecular weight excluding hydrogens is 548 g/mol. The number of methoxy groups -OCH3 is 3. The number of ether oxygens (including phenoxy) is 4. The fourth-order valence-electron chi connectivity index (χ4n) is 4.67. The number of anilines is 1. The molecule has 1 N–H and O–H groups in total. The Labute approximate surface area is 243 Å². The summed E-state index contributed by atoms with van der Waals surface area (Å²) in [7, 11) is 4.76. The highest BCUT2D eigenvalue weighted by Gasteiger charge is 2.27. The lowest BCUT2D eigenvalue weighted by atomic mass is 9.96. The SMILES string of the molecule is COc1cccc(Oc2ccc(Cl)cc2NC(=O)C2CCN(Cc3nc(-c4ccc(OC)c(OC)c4)no3)CC2)c1. The van der Waals surface area contributed by atoms with E-state index in [0.29, 0.717) is 70.6 Å². The van der Waals surface area contributed by atoms with E-state index in [0.717, 1.165) is 18.7 Å². The molecular formula is C30H31ClN4O6. The molecule has 1 saturated heterocycles. The summed E-state index contributed by atoms with van der Waals surface area (Å²) >= 11 is 6.24. The van der Waals surface area contributed by atoms with Gasteiger partial charge in [-0.3, -0.25) is 9.69 Å². The quantitative estimate of drug-likeness (QED) is 0.240. The second-order valence-corrected chi connectivity index (χ2v) is 9.98. The monoisotopic (exact) mass is 578 g/mol. The van der Waals surface area contributed by atoms with Crippen molar-refractivity contribution in [3.05, 3.63) is 71.6 Å². The molecule has 0 aliphatic carbocycles. The van der Waals surface area contributed by atoms with Crippen molar-refractivity contribution in [2.24, 2.45) is 5.92 Å². The van der Waals surface area contributed by atoms with Gasteiger partial charge in [0, 0.05) is 22.6 Å². The van der Waals surface area contributed by atoms with Gasteiger partial charge in [0.05, 0.1) is 33.6 Å². The Morgan fingerprint density at radius 1 is 0.951 bits per heavy atom. The highest BCUT2D eigenvalue weighted by Crippen LogP contribution is 2.35. The molecule has 1 amide bonds. The number of hydrogen-bond donors (Lipinski definition) is 1. The van der Waals surface area contributed by atoms with Gasteiger partial charge in [-0.05, 0) is 74.5 Å². The lowest BCUT2D eigenvalue weighted by Crippen LogP contribution is -2.37. The molecule has 1 aliphatic heterocycles. The van der Waals surface area contributed by atoms with Gasteiger partial charge in [0.15, 0.2) is 17.2 Å². The van der Waals surface area contributed by atoms with E-state index in [2.05, 4.69) is 20.4 Å². The van der Waals surface area contributed by atoms with Crippen LogP contribution < -0.4 is 24.3 Å². The van der Waals surface area contributed by atoms with E-state index in [4.69, 9.17) is 35.1 Å². The molecule has 1 fully saturated rings. The number of carbonyl (C=O) groups is 1. The number of piperidine rings is 1. The summed E-state index contributed by atoms with van der Waals surface area (Å²) in [5, 5.41) is 7.64. The van der Waals surface area contributed by atoms with Gasteiger partial charge < -0.3 is 28.8 Å². The number of nitrogens with zero attached hydrogens (tertiary/aromatic N) is 3. The maximum Gasteiger partial charge on any atom is 0.241 e. The first-order valence-corrected chi connectivity index (χ1v) is 13.5. The molecule has 11 heteroatoms. The Kier molecular flexibility index (Phi) is 8.91. The zero-order chi connectivity index (χ0) is 28.8. The minimum absolute atomic E-state index is 0.0732. The minimum Gasteiger partial charge on any atom is -0.497 e. The van der Waals surface area contributed by atoms with Gasteiger partial charge in [0.25, 0.3) is 0 Å². The summed E-state index contributed by atoms with van der Waals surface area (Å²) < 4.78 is 27.5. The Hall–Kier alpha value is -4.28. The van der Waals surface area contributed by atoms with Crippen LogP contribution >= 0.6 is 11.6 Å². The van der Waals surface area contributed by atoms with Crippen LogP contribution in [0.3, 0.4) is 0 Å². The predicted octanol–water partition coefficient (Wildman–Crippen LogP) is 6.06. The molecule has 5 rings (SSSR count). The van der Waals surface area contributed by atoms with Gasteiger partial charge in [-0.15, -0.1) is 0 Å². The molecule has 1 aromatic heterocycles. The zero-order valence-electron chi connectivity index (χ0n) is 23.1. The van der Waals surface area contributed by atoms with Crippen LogP contribution in [-0.4, -0.2) is 55.4 Å². The third-order valence-electron chi connectivity index (χ3n) is 6.90. The first-order valence-electron chi connectivity index (χ1n) is 13.2. The molecule has 3 aromatic carbocycles. The number of rotatable bonds is 10. The molecule has 1 aliphatic rings. The van der Waals surface area contributed by atoms with Crippen LogP contribution in [0.1, 0.15) is 18.7 Å². The van der Waals surface area contributed by atoms with E-state index in [1.807, 2.05) is 30.3 Å². The van der Waals surface area contributed by atoms with Gasteiger partial charge in [-0.1, -0.05) is 22.8 Å². The second-order valence-electron chi connectivity index (χ2n) is 9.54. The molecule has 0 atom stereocenters. The third kappa shape index (κ3) is 6.90. The van der Waals surface area contributed by atoms with Crippen LogP contribution in [0.5, 0.6) is 28.7 Å². The van der Waals surface area contributed by atoms with Crippen molar-refractivity contribution < 1.29 is 28.3 Å². The fraction of sp³-hybridized carbons (Fsp3) is 0.300. The van der Waals surface area contributed by atoms with Crippen LogP contribution in [0.4, 0.5) is 5.69 Å². The van der Waals surface area contributed by atoms with E-state index in [1.54, 1.807) is 51.7 Å². The number of nitrogens with one attached hydrogen (secondary N) is 1. The molecule has 4 aromatic rings. The lowest BCUT2D eigenvalue weighted by molar-refractivity contribution is -0.121. The van der Waals surface area contributed by atoms with Crippen LogP contribution in [0.15, 0.2) is 65.2 Å². The van der Waals surface area contributed by atoms with Gasteiger partial charge in [0.1, 0.15) is 11.5 Å². The molecule has 0 bridgehead atoms. The van der Waals surface area contributed by atoms with E-state index in [-0.39, 0.29) is 11.8 Å². The fourth-order valence-corrected chi connectivity index (χ4v) is 4.84. The van der Waals surface area contributed by atoms with Crippen LogP contribution in [0, 0.1) is 5.92 Å². The van der Waals surface area contributed by atoms with Crippen molar-refractivity contribution in [3.63, 3.8) is 0 Å². The molecule has 0 saturated carbocycles. The summed E-state index contributed by atoms with van der Waals surface area (Å²) in [6, 6.07) is 17.9. The lowest BCUT2D eigenvalue weighted by Gasteiger charge is -2.30. The Morgan fingerprint density at radius 3 is 2.46 bits per heavy atom. The standard InChI is InChI=1S/C30H31ClN4O6/c1-37-22-5-4-6-23(17-22)40-25-10-8-21(31)16-24(25)32-30(36)19-11-13-35(14-12-19)18-28-33-29(34-41-28)20-7-9-26(38-2)27(15-20)39-3/h4-10,15-17,19H,11-14,18H2,1-3H3,(H,32,36). The molecule has 214 valence electrons. The Morgan fingerprint density at radius 2 is 1.71 bits per heavy atom. The first kappa shape index (κ1) is 28.3. The van der Waals surface area contributed by atoms with Crippen LogP contribution in [0.2, 0.25) is 5.02 Å². The summed E-state index contributed by atoms with van der Waals surface area (Å²) in [4.78, 5) is 19.9. The number of likely N-dealkylation sites (tertiary alicyclic amines) is 1. The second kappa shape index (κ2) is 12.9. The highest BCUT2D eigenvalue weighted by atomic mass is 35.5. The van der Waals surface area contributed by atoms with Crippen LogP contribution in [-0.2, 0) is 11.3 Å². The number of carbonyl (C=O) groups excluding carboxylic acids is 1. The highest BCUT2D eigenvalue weighted by molar-refractivity contribution is 6.31. The van der Waals surface area contributed by atoms with Crippen molar-refractivity contribution in [1.82, 2.24) is 15.0 Å². The van der Waals surface area contributed by atoms with Gasteiger partial charge >= 0.3 is 0 Å².